The van der Waals surface area contributed by atoms with Crippen molar-refractivity contribution in [1.29, 1.82) is 0 Å². The lowest BCUT2D eigenvalue weighted by molar-refractivity contribution is 0.145. The third-order valence-corrected chi connectivity index (χ3v) is 6.69. The molecule has 30 heavy (non-hydrogen) atoms. The third kappa shape index (κ3) is 4.69. The van der Waals surface area contributed by atoms with Crippen molar-refractivity contribution in [2.75, 3.05) is 52.6 Å². The van der Waals surface area contributed by atoms with Gasteiger partial charge in [0.05, 0.1) is 24.1 Å². The number of piperazine rings is 1. The first kappa shape index (κ1) is 20.9. The summed E-state index contributed by atoms with van der Waals surface area (Å²) in [5.74, 6) is 0.805. The molecule has 1 aliphatic rings. The highest BCUT2D eigenvalue weighted by Crippen LogP contribution is 2.30. The van der Waals surface area contributed by atoms with E-state index in [1.807, 2.05) is 54.6 Å². The highest BCUT2D eigenvalue weighted by atomic mass is 32.2. The van der Waals surface area contributed by atoms with Crippen LogP contribution >= 0.6 is 0 Å². The molecule has 1 saturated heterocycles. The Balaban J connectivity index is 1.42. The van der Waals surface area contributed by atoms with Crippen LogP contribution < -0.4 is 4.74 Å². The molecule has 0 aliphatic carbocycles. The van der Waals surface area contributed by atoms with E-state index in [0.29, 0.717) is 17.8 Å². The van der Waals surface area contributed by atoms with Crippen LogP contribution in [0.4, 0.5) is 0 Å². The fourth-order valence-electron chi connectivity index (χ4n) is 3.96. The van der Waals surface area contributed by atoms with E-state index in [1.54, 1.807) is 0 Å². The summed E-state index contributed by atoms with van der Waals surface area (Å²) < 4.78 is 32.2. The van der Waals surface area contributed by atoms with E-state index in [0.717, 1.165) is 55.8 Å². The predicted molar refractivity (Wildman–Crippen MR) is 122 cm³/mol. The summed E-state index contributed by atoms with van der Waals surface area (Å²) in [6, 6.07) is 17.1. The topological polar surface area (TPSA) is 54.8 Å². The highest BCUT2D eigenvalue weighted by molar-refractivity contribution is 7.89. The molecule has 160 valence electrons. The van der Waals surface area contributed by atoms with Gasteiger partial charge >= 0.3 is 0 Å². The molecule has 2 aromatic carbocycles. The zero-order valence-corrected chi connectivity index (χ0v) is 18.4. The summed E-state index contributed by atoms with van der Waals surface area (Å²) >= 11 is 0. The van der Waals surface area contributed by atoms with Gasteiger partial charge in [0.2, 0.25) is 10.0 Å². The Morgan fingerprint density at radius 3 is 2.37 bits per heavy atom. The monoisotopic (exact) mass is 427 g/mol. The lowest BCUT2D eigenvalue weighted by atomic mass is 10.1. The van der Waals surface area contributed by atoms with Crippen molar-refractivity contribution in [3.63, 3.8) is 0 Å². The van der Waals surface area contributed by atoms with E-state index in [2.05, 4.69) is 16.8 Å². The van der Waals surface area contributed by atoms with Crippen molar-refractivity contribution >= 4 is 20.9 Å². The SMILES string of the molecule is CN1CCN(CCCOc2ccc(-c3cc4ccccc4n3S(C)(=O)=O)cc2)CC1. The van der Waals surface area contributed by atoms with Crippen molar-refractivity contribution < 1.29 is 13.2 Å². The van der Waals surface area contributed by atoms with Gasteiger partial charge in [-0.15, -0.1) is 0 Å². The molecule has 0 N–H and O–H groups in total. The molecule has 0 atom stereocenters. The number of aromatic nitrogens is 1. The molecule has 1 fully saturated rings. The van der Waals surface area contributed by atoms with Crippen LogP contribution in [-0.4, -0.2) is 74.8 Å². The van der Waals surface area contributed by atoms with E-state index in [9.17, 15) is 8.42 Å². The van der Waals surface area contributed by atoms with Gasteiger partial charge in [-0.1, -0.05) is 18.2 Å². The van der Waals surface area contributed by atoms with Gasteiger partial charge in [-0.3, -0.25) is 0 Å². The maximum absolute atomic E-state index is 12.4. The molecule has 7 heteroatoms. The van der Waals surface area contributed by atoms with E-state index in [4.69, 9.17) is 4.74 Å². The molecule has 0 amide bonds. The van der Waals surface area contributed by atoms with Crippen molar-refractivity contribution in [2.24, 2.45) is 0 Å². The summed E-state index contributed by atoms with van der Waals surface area (Å²) in [5, 5.41) is 0.905. The quantitative estimate of drug-likeness (QED) is 0.542. The Labute approximate surface area is 178 Å². The summed E-state index contributed by atoms with van der Waals surface area (Å²) in [6.45, 7) is 6.24. The Morgan fingerprint density at radius 2 is 1.67 bits per heavy atom. The Hall–Kier alpha value is -2.35. The van der Waals surface area contributed by atoms with Crippen molar-refractivity contribution in [3.8, 4) is 17.0 Å². The predicted octanol–water partition coefficient (Wildman–Crippen LogP) is 3.13. The number of fused-ring (bicyclic) bond motifs is 1. The molecule has 0 unspecified atom stereocenters. The molecular formula is C23H29N3O3S. The number of benzene rings is 2. The van der Waals surface area contributed by atoms with E-state index in [1.165, 1.54) is 10.2 Å². The highest BCUT2D eigenvalue weighted by Gasteiger charge is 2.17. The second-order valence-electron chi connectivity index (χ2n) is 7.99. The Morgan fingerprint density at radius 1 is 0.967 bits per heavy atom. The molecular weight excluding hydrogens is 398 g/mol. The summed E-state index contributed by atoms with van der Waals surface area (Å²) in [7, 11) is -1.26. The fourth-order valence-corrected chi connectivity index (χ4v) is 5.00. The van der Waals surface area contributed by atoms with Crippen LogP contribution in [0.3, 0.4) is 0 Å². The summed E-state index contributed by atoms with van der Waals surface area (Å²) in [5.41, 5.74) is 2.21. The number of nitrogens with zero attached hydrogens (tertiary/aromatic N) is 3. The number of hydrogen-bond donors (Lipinski definition) is 0. The van der Waals surface area contributed by atoms with Crippen LogP contribution in [0.2, 0.25) is 0 Å². The molecule has 1 aliphatic heterocycles. The Bertz CT molecular complexity index is 1100. The fraction of sp³-hybridized carbons (Fsp3) is 0.391. The van der Waals surface area contributed by atoms with Crippen molar-refractivity contribution in [2.45, 2.75) is 6.42 Å². The largest absolute Gasteiger partial charge is 0.494 e. The smallest absolute Gasteiger partial charge is 0.236 e. The number of para-hydroxylation sites is 1. The van der Waals surface area contributed by atoms with Crippen LogP contribution in [0.25, 0.3) is 22.2 Å². The van der Waals surface area contributed by atoms with Gasteiger partial charge in [-0.2, -0.15) is 0 Å². The maximum atomic E-state index is 12.4. The Kier molecular flexibility index (Phi) is 6.13. The van der Waals surface area contributed by atoms with E-state index < -0.39 is 10.0 Å². The molecule has 1 aromatic heterocycles. The normalized spacial score (nSPS) is 16.2. The van der Waals surface area contributed by atoms with Gasteiger partial charge < -0.3 is 14.5 Å². The average molecular weight is 428 g/mol. The molecule has 2 heterocycles. The first-order valence-electron chi connectivity index (χ1n) is 10.4. The van der Waals surface area contributed by atoms with Gasteiger partial charge in [0.1, 0.15) is 5.75 Å². The maximum Gasteiger partial charge on any atom is 0.236 e. The van der Waals surface area contributed by atoms with Crippen molar-refractivity contribution in [3.05, 3.63) is 54.6 Å². The molecule has 0 spiro atoms. The van der Waals surface area contributed by atoms with Crippen molar-refractivity contribution in [1.82, 2.24) is 13.8 Å². The van der Waals surface area contributed by atoms with Crippen LogP contribution in [0, 0.1) is 0 Å². The molecule has 0 saturated carbocycles. The summed E-state index contributed by atoms with van der Waals surface area (Å²) in [6.07, 6.45) is 2.23. The minimum atomic E-state index is -3.43. The molecule has 0 radical (unpaired) electrons. The van der Waals surface area contributed by atoms with Gasteiger partial charge in [-0.25, -0.2) is 12.4 Å². The number of rotatable bonds is 7. The van der Waals surface area contributed by atoms with Gasteiger partial charge in [0.15, 0.2) is 0 Å². The lowest BCUT2D eigenvalue weighted by Crippen LogP contribution is -2.44. The van der Waals surface area contributed by atoms with E-state index in [-0.39, 0.29) is 0 Å². The van der Waals surface area contributed by atoms with Gasteiger partial charge in [-0.05, 0) is 55.4 Å². The second kappa shape index (κ2) is 8.79. The van der Waals surface area contributed by atoms with Gasteiger partial charge in [0, 0.05) is 38.1 Å². The molecule has 0 bridgehead atoms. The number of hydrogen-bond acceptors (Lipinski definition) is 5. The average Bonchev–Trinajstić information content (AvgIpc) is 3.13. The molecule has 4 rings (SSSR count). The van der Waals surface area contributed by atoms with Crippen LogP contribution in [0.5, 0.6) is 5.75 Å². The number of ether oxygens (including phenoxy) is 1. The lowest BCUT2D eigenvalue weighted by Gasteiger charge is -2.32. The van der Waals surface area contributed by atoms with E-state index >= 15 is 0 Å². The molecule has 6 nitrogen and oxygen atoms in total. The van der Waals surface area contributed by atoms with Crippen LogP contribution in [0.1, 0.15) is 6.42 Å². The zero-order valence-electron chi connectivity index (χ0n) is 17.6. The molecule has 3 aromatic rings. The van der Waals surface area contributed by atoms with Crippen LogP contribution in [0.15, 0.2) is 54.6 Å². The second-order valence-corrected chi connectivity index (χ2v) is 9.82. The standard InChI is InChI=1S/C23H29N3O3S/c1-24-13-15-25(16-14-24)12-5-17-29-21-10-8-19(9-11-21)23-18-20-6-3-4-7-22(20)26(23)30(2,27)28/h3-4,6-11,18H,5,12-17H2,1-2H3. The number of likely N-dealkylation sites (N-methyl/N-ethyl adjacent to an activating group) is 1. The zero-order chi connectivity index (χ0) is 21.1. The first-order chi connectivity index (χ1) is 14.4. The first-order valence-corrected chi connectivity index (χ1v) is 12.2. The minimum Gasteiger partial charge on any atom is -0.494 e. The third-order valence-electron chi connectivity index (χ3n) is 5.63. The summed E-state index contributed by atoms with van der Waals surface area (Å²) in [4.78, 5) is 4.84. The van der Waals surface area contributed by atoms with Gasteiger partial charge in [0.25, 0.3) is 0 Å². The minimum absolute atomic E-state index is 0.667. The van der Waals surface area contributed by atoms with Crippen LogP contribution in [-0.2, 0) is 10.0 Å².